The number of fused-ring (bicyclic) bond motifs is 1. The zero-order valence-electron chi connectivity index (χ0n) is 35.0. The van der Waals surface area contributed by atoms with Crippen LogP contribution >= 0.6 is 11.8 Å². The molecule has 2 fully saturated rings. The fourth-order valence-electron chi connectivity index (χ4n) is 8.38. The Labute approximate surface area is 348 Å². The molecule has 4 N–H and O–H groups in total. The predicted molar refractivity (Wildman–Crippen MR) is 231 cm³/mol. The average Bonchev–Trinajstić information content (AvgIpc) is 3.62. The van der Waals surface area contributed by atoms with Gasteiger partial charge in [-0.3, -0.25) is 19.2 Å². The molecule has 11 nitrogen and oxygen atoms in total. The molecule has 12 heteroatoms. The van der Waals surface area contributed by atoms with E-state index in [9.17, 15) is 24.0 Å². The predicted octanol–water partition coefficient (Wildman–Crippen LogP) is 6.71. The standard InChI is InChI=1S/C46H63N5O6S/c1-6-47-41(54)45(30-33-16-9-7-10-17-33)24-15-27-51(32-45)40(53)38(29-34-21-22-35-18-12-13-19-36(35)28-34)50-42(55)46(58-5)25-23-37(31-46)49-39(52)20-11-8-14-26-48-43(56)57-44(2,3)4/h7,9-10,12-13,16-19,21-22,28,37-38H,6,8,11,14-15,20,23-27,29-32H2,1-5H3,(H,47,54)(H,48,56)(H,49,52)(H,50,55)/t37?,38-,45+,46?/m1/s1. The van der Waals surface area contributed by atoms with Gasteiger partial charge in [0.05, 0.1) is 10.2 Å². The van der Waals surface area contributed by atoms with Crippen molar-refractivity contribution in [2.75, 3.05) is 32.4 Å². The molecular weight excluding hydrogens is 751 g/mol. The van der Waals surface area contributed by atoms with Crippen molar-refractivity contribution in [2.24, 2.45) is 5.41 Å². The third kappa shape index (κ3) is 12.2. The molecule has 1 saturated carbocycles. The van der Waals surface area contributed by atoms with Gasteiger partial charge in [-0.15, -0.1) is 11.8 Å². The van der Waals surface area contributed by atoms with Crippen LogP contribution in [-0.4, -0.2) is 89.5 Å². The number of nitrogens with zero attached hydrogens (tertiary/aromatic N) is 1. The van der Waals surface area contributed by atoms with Crippen LogP contribution in [0, 0.1) is 5.41 Å². The first-order chi connectivity index (χ1) is 27.7. The van der Waals surface area contributed by atoms with Gasteiger partial charge in [-0.2, -0.15) is 0 Å². The van der Waals surface area contributed by atoms with E-state index in [0.717, 1.165) is 34.7 Å². The van der Waals surface area contributed by atoms with Crippen molar-refractivity contribution in [3.8, 4) is 0 Å². The lowest BCUT2D eigenvalue weighted by Crippen LogP contribution is -2.59. The molecule has 5 amide bonds. The van der Waals surface area contributed by atoms with Gasteiger partial charge in [-0.25, -0.2) is 4.79 Å². The molecule has 4 atom stereocenters. The molecule has 1 saturated heterocycles. The zero-order chi connectivity index (χ0) is 41.8. The molecule has 2 aliphatic rings. The van der Waals surface area contributed by atoms with Gasteiger partial charge in [0.15, 0.2) is 0 Å². The molecule has 5 rings (SSSR count). The van der Waals surface area contributed by atoms with Crippen molar-refractivity contribution in [1.82, 2.24) is 26.2 Å². The molecular formula is C46H63N5O6S. The van der Waals surface area contributed by atoms with Gasteiger partial charge in [-0.05, 0) is 107 Å². The van der Waals surface area contributed by atoms with Gasteiger partial charge in [0.25, 0.3) is 0 Å². The Bertz CT molecular complexity index is 1880. The molecule has 3 aromatic rings. The number of thioether (sulfide) groups is 1. The summed E-state index contributed by atoms with van der Waals surface area (Å²) in [6.45, 7) is 9.11. The van der Waals surface area contributed by atoms with E-state index in [1.807, 2.05) is 94.6 Å². The molecule has 0 bridgehead atoms. The number of unbranched alkanes of at least 4 members (excludes halogenated alkanes) is 2. The van der Waals surface area contributed by atoms with Gasteiger partial charge >= 0.3 is 6.09 Å². The highest BCUT2D eigenvalue weighted by Crippen LogP contribution is 2.41. The third-order valence-corrected chi connectivity index (χ3v) is 12.7. The summed E-state index contributed by atoms with van der Waals surface area (Å²) in [5, 5.41) is 14.3. The molecule has 58 heavy (non-hydrogen) atoms. The van der Waals surface area contributed by atoms with E-state index in [2.05, 4.69) is 33.4 Å². The summed E-state index contributed by atoms with van der Waals surface area (Å²) in [6.07, 6.45) is 7.88. The SMILES string of the molecule is CCNC(=O)[C@]1(Cc2ccccc2)CCCN(C(=O)[C@@H](Cc2ccc3ccccc3c2)NC(=O)C2(SC)CCC(NC(=O)CCCCCNC(=O)OC(C)(C)C)C2)C1. The lowest BCUT2D eigenvalue weighted by atomic mass is 9.74. The average molecular weight is 814 g/mol. The summed E-state index contributed by atoms with van der Waals surface area (Å²) in [6, 6.07) is 23.2. The van der Waals surface area contributed by atoms with E-state index in [-0.39, 0.29) is 36.2 Å². The Morgan fingerprint density at radius 3 is 2.34 bits per heavy atom. The number of alkyl carbamates (subject to hydrolysis) is 1. The number of hydrogen-bond donors (Lipinski definition) is 4. The zero-order valence-corrected chi connectivity index (χ0v) is 35.8. The number of hydrogen-bond acceptors (Lipinski definition) is 7. The van der Waals surface area contributed by atoms with Crippen LogP contribution in [0.5, 0.6) is 0 Å². The first kappa shape index (κ1) is 44.5. The van der Waals surface area contributed by atoms with Gasteiger partial charge in [0.1, 0.15) is 11.6 Å². The van der Waals surface area contributed by atoms with Crippen molar-refractivity contribution in [1.29, 1.82) is 0 Å². The van der Waals surface area contributed by atoms with Crippen LogP contribution in [-0.2, 0) is 36.8 Å². The molecule has 2 unspecified atom stereocenters. The van der Waals surface area contributed by atoms with Crippen LogP contribution in [0.4, 0.5) is 4.79 Å². The number of carbonyl (C=O) groups is 5. The van der Waals surface area contributed by atoms with E-state index in [0.29, 0.717) is 77.4 Å². The number of nitrogens with one attached hydrogen (secondary N) is 4. The highest BCUT2D eigenvalue weighted by molar-refractivity contribution is 8.00. The lowest BCUT2D eigenvalue weighted by Gasteiger charge is -2.43. The van der Waals surface area contributed by atoms with Crippen molar-refractivity contribution < 1.29 is 28.7 Å². The van der Waals surface area contributed by atoms with E-state index in [1.165, 1.54) is 11.8 Å². The van der Waals surface area contributed by atoms with Crippen LogP contribution in [0.15, 0.2) is 72.8 Å². The molecule has 3 aromatic carbocycles. The minimum Gasteiger partial charge on any atom is -0.444 e. The van der Waals surface area contributed by atoms with Crippen molar-refractivity contribution in [3.63, 3.8) is 0 Å². The van der Waals surface area contributed by atoms with Gasteiger partial charge in [0.2, 0.25) is 23.6 Å². The monoisotopic (exact) mass is 813 g/mol. The van der Waals surface area contributed by atoms with E-state index in [4.69, 9.17) is 4.74 Å². The molecule has 1 aliphatic heterocycles. The van der Waals surface area contributed by atoms with Crippen molar-refractivity contribution >= 4 is 52.3 Å². The van der Waals surface area contributed by atoms with Crippen LogP contribution in [0.1, 0.15) is 96.6 Å². The van der Waals surface area contributed by atoms with Crippen LogP contribution < -0.4 is 21.3 Å². The minimum absolute atomic E-state index is 0.0528. The second-order valence-electron chi connectivity index (χ2n) is 17.0. The Hall–Kier alpha value is -4.58. The Morgan fingerprint density at radius 2 is 1.62 bits per heavy atom. The highest BCUT2D eigenvalue weighted by atomic mass is 32.2. The van der Waals surface area contributed by atoms with E-state index >= 15 is 0 Å². The number of amides is 5. The number of ether oxygens (including phenoxy) is 1. The number of benzene rings is 3. The summed E-state index contributed by atoms with van der Waals surface area (Å²) in [5.74, 6) is -0.502. The largest absolute Gasteiger partial charge is 0.444 e. The Balaban J connectivity index is 1.25. The highest BCUT2D eigenvalue weighted by Gasteiger charge is 2.48. The van der Waals surface area contributed by atoms with Crippen LogP contribution in [0.3, 0.4) is 0 Å². The Kier molecular flexibility index (Phi) is 15.7. The van der Waals surface area contributed by atoms with Crippen molar-refractivity contribution in [2.45, 2.75) is 121 Å². The second-order valence-corrected chi connectivity index (χ2v) is 18.2. The first-order valence-electron chi connectivity index (χ1n) is 21.0. The maximum atomic E-state index is 14.8. The molecule has 0 aromatic heterocycles. The summed E-state index contributed by atoms with van der Waals surface area (Å²) in [5.41, 5.74) is 0.633. The second kappa shape index (κ2) is 20.4. The summed E-state index contributed by atoms with van der Waals surface area (Å²) in [7, 11) is 0. The van der Waals surface area contributed by atoms with Gasteiger partial charge < -0.3 is 30.9 Å². The maximum Gasteiger partial charge on any atom is 0.407 e. The number of piperidine rings is 1. The smallest absolute Gasteiger partial charge is 0.407 e. The molecule has 314 valence electrons. The van der Waals surface area contributed by atoms with Crippen LogP contribution in [0.25, 0.3) is 10.8 Å². The first-order valence-corrected chi connectivity index (χ1v) is 22.2. The van der Waals surface area contributed by atoms with Crippen LogP contribution in [0.2, 0.25) is 0 Å². The topological polar surface area (TPSA) is 146 Å². The summed E-state index contributed by atoms with van der Waals surface area (Å²) < 4.78 is 4.45. The normalized spacial score (nSPS) is 21.2. The number of likely N-dealkylation sites (tertiary alicyclic amines) is 1. The lowest BCUT2D eigenvalue weighted by molar-refractivity contribution is -0.144. The fourth-order valence-corrected chi connectivity index (χ4v) is 9.32. The number of carbonyl (C=O) groups excluding carboxylic acids is 5. The molecule has 1 heterocycles. The molecule has 0 spiro atoms. The van der Waals surface area contributed by atoms with E-state index in [1.54, 1.807) is 4.90 Å². The summed E-state index contributed by atoms with van der Waals surface area (Å²) in [4.78, 5) is 69.7. The minimum atomic E-state index is -0.849. The molecule has 1 aliphatic carbocycles. The van der Waals surface area contributed by atoms with Gasteiger partial charge in [-0.1, -0.05) is 79.2 Å². The van der Waals surface area contributed by atoms with E-state index < -0.39 is 27.9 Å². The van der Waals surface area contributed by atoms with Gasteiger partial charge in [0, 0.05) is 45.1 Å². The maximum absolute atomic E-state index is 14.8. The number of rotatable bonds is 17. The Morgan fingerprint density at radius 1 is 0.879 bits per heavy atom. The fraction of sp³-hybridized carbons (Fsp3) is 0.543. The molecule has 0 radical (unpaired) electrons. The third-order valence-electron chi connectivity index (χ3n) is 11.3. The summed E-state index contributed by atoms with van der Waals surface area (Å²) >= 11 is 1.47. The van der Waals surface area contributed by atoms with Crippen molar-refractivity contribution in [3.05, 3.63) is 83.9 Å². The quantitative estimate of drug-likeness (QED) is 0.111.